The van der Waals surface area contributed by atoms with E-state index in [1.54, 1.807) is 0 Å². The first kappa shape index (κ1) is 11.4. The number of nitrogens with one attached hydrogen (secondary N) is 1. The maximum Gasteiger partial charge on any atom is 0.00581 e. The van der Waals surface area contributed by atoms with Gasteiger partial charge < -0.3 is 5.32 Å². The van der Waals surface area contributed by atoms with Crippen LogP contribution in [0, 0.1) is 5.92 Å². The Balaban J connectivity index is 1.78. The van der Waals surface area contributed by atoms with Crippen LogP contribution >= 0.6 is 11.8 Å². The molecule has 78 valence electrons. The van der Waals surface area contributed by atoms with Crippen LogP contribution in [0.15, 0.2) is 0 Å². The lowest BCUT2D eigenvalue weighted by Crippen LogP contribution is -2.23. The molecule has 0 spiro atoms. The van der Waals surface area contributed by atoms with Crippen molar-refractivity contribution in [1.29, 1.82) is 0 Å². The van der Waals surface area contributed by atoms with E-state index in [1.165, 1.54) is 56.7 Å². The summed E-state index contributed by atoms with van der Waals surface area (Å²) in [5.74, 6) is 3.61. The molecule has 2 heteroatoms. The van der Waals surface area contributed by atoms with Gasteiger partial charge in [0.2, 0.25) is 0 Å². The quantitative estimate of drug-likeness (QED) is 0.636. The van der Waals surface area contributed by atoms with Gasteiger partial charge in [-0.25, -0.2) is 0 Å². The van der Waals surface area contributed by atoms with Crippen molar-refractivity contribution in [3.8, 4) is 0 Å². The third-order valence-electron chi connectivity index (χ3n) is 2.68. The van der Waals surface area contributed by atoms with Crippen LogP contribution in [0.3, 0.4) is 0 Å². The Morgan fingerprint density at radius 3 is 2.69 bits per heavy atom. The first-order valence-electron chi connectivity index (χ1n) is 5.72. The SMILES string of the molecule is CCCSCCNCC1CCCC1. The fraction of sp³-hybridized carbons (Fsp3) is 1.00. The highest BCUT2D eigenvalue weighted by molar-refractivity contribution is 7.99. The van der Waals surface area contributed by atoms with E-state index >= 15 is 0 Å². The van der Waals surface area contributed by atoms with Crippen LogP contribution in [0.4, 0.5) is 0 Å². The molecule has 0 aromatic heterocycles. The van der Waals surface area contributed by atoms with Crippen molar-refractivity contribution in [2.24, 2.45) is 5.92 Å². The number of hydrogen-bond donors (Lipinski definition) is 1. The molecule has 0 aliphatic heterocycles. The Hall–Kier alpha value is 0.310. The molecule has 0 aromatic rings. The molecule has 1 N–H and O–H groups in total. The van der Waals surface area contributed by atoms with Crippen molar-refractivity contribution >= 4 is 11.8 Å². The summed E-state index contributed by atoms with van der Waals surface area (Å²) in [4.78, 5) is 0. The normalized spacial score (nSPS) is 18.2. The molecule has 1 aliphatic carbocycles. The summed E-state index contributed by atoms with van der Waals surface area (Å²) in [5.41, 5.74) is 0. The van der Waals surface area contributed by atoms with Crippen LogP contribution in [0.5, 0.6) is 0 Å². The third-order valence-corrected chi connectivity index (χ3v) is 3.87. The predicted octanol–water partition coefficient (Wildman–Crippen LogP) is 2.91. The van der Waals surface area contributed by atoms with Crippen LogP contribution in [0.1, 0.15) is 39.0 Å². The Kier molecular flexibility index (Phi) is 6.73. The van der Waals surface area contributed by atoms with Gasteiger partial charge in [-0.15, -0.1) is 0 Å². The number of thioether (sulfide) groups is 1. The standard InChI is InChI=1S/C11H23NS/c1-2-8-13-9-7-12-10-11-5-3-4-6-11/h11-12H,2-10H2,1H3. The molecular formula is C11H23NS. The van der Waals surface area contributed by atoms with Gasteiger partial charge in [-0.05, 0) is 37.5 Å². The van der Waals surface area contributed by atoms with Crippen LogP contribution in [-0.2, 0) is 0 Å². The second-order valence-electron chi connectivity index (χ2n) is 3.97. The summed E-state index contributed by atoms with van der Waals surface area (Å²) < 4.78 is 0. The van der Waals surface area contributed by atoms with Crippen LogP contribution in [0.2, 0.25) is 0 Å². The van der Waals surface area contributed by atoms with Gasteiger partial charge in [0.05, 0.1) is 0 Å². The molecule has 0 bridgehead atoms. The number of hydrogen-bond acceptors (Lipinski definition) is 2. The van der Waals surface area contributed by atoms with Crippen molar-refractivity contribution in [2.75, 3.05) is 24.6 Å². The average Bonchev–Trinajstić information content (AvgIpc) is 2.63. The van der Waals surface area contributed by atoms with E-state index < -0.39 is 0 Å². The fourth-order valence-electron chi connectivity index (χ4n) is 1.91. The molecule has 0 atom stereocenters. The zero-order chi connectivity index (χ0) is 9.36. The lowest BCUT2D eigenvalue weighted by molar-refractivity contribution is 0.500. The van der Waals surface area contributed by atoms with Crippen molar-refractivity contribution < 1.29 is 0 Å². The maximum atomic E-state index is 3.57. The zero-order valence-corrected chi connectivity index (χ0v) is 9.67. The minimum absolute atomic E-state index is 0.996. The molecule has 1 aliphatic rings. The van der Waals surface area contributed by atoms with Gasteiger partial charge in [0, 0.05) is 12.3 Å². The van der Waals surface area contributed by atoms with Crippen LogP contribution in [0.25, 0.3) is 0 Å². The van der Waals surface area contributed by atoms with Crippen LogP contribution in [-0.4, -0.2) is 24.6 Å². The first-order valence-corrected chi connectivity index (χ1v) is 6.87. The highest BCUT2D eigenvalue weighted by Crippen LogP contribution is 2.23. The second kappa shape index (κ2) is 7.69. The minimum Gasteiger partial charge on any atom is -0.316 e. The highest BCUT2D eigenvalue weighted by atomic mass is 32.2. The predicted molar refractivity (Wildman–Crippen MR) is 62.4 cm³/mol. The van der Waals surface area contributed by atoms with E-state index in [4.69, 9.17) is 0 Å². The second-order valence-corrected chi connectivity index (χ2v) is 5.19. The molecule has 1 rings (SSSR count). The summed E-state index contributed by atoms with van der Waals surface area (Å²) in [6.45, 7) is 4.73. The molecule has 1 saturated carbocycles. The lowest BCUT2D eigenvalue weighted by atomic mass is 10.1. The largest absolute Gasteiger partial charge is 0.316 e. The van der Waals surface area contributed by atoms with Crippen molar-refractivity contribution in [1.82, 2.24) is 5.32 Å². The van der Waals surface area contributed by atoms with Gasteiger partial charge in [0.1, 0.15) is 0 Å². The first-order chi connectivity index (χ1) is 6.43. The Morgan fingerprint density at radius 1 is 1.23 bits per heavy atom. The van der Waals surface area contributed by atoms with E-state index in [0.717, 1.165) is 5.92 Å². The Bertz CT molecular complexity index is 111. The number of rotatable bonds is 7. The summed E-state index contributed by atoms with van der Waals surface area (Å²) in [5, 5.41) is 3.57. The smallest absolute Gasteiger partial charge is 0.00581 e. The van der Waals surface area contributed by atoms with Gasteiger partial charge in [0.15, 0.2) is 0 Å². The Labute approximate surface area is 87.1 Å². The molecule has 1 nitrogen and oxygen atoms in total. The summed E-state index contributed by atoms with van der Waals surface area (Å²) in [6.07, 6.45) is 7.19. The van der Waals surface area contributed by atoms with Gasteiger partial charge in [0.25, 0.3) is 0 Å². The van der Waals surface area contributed by atoms with Crippen molar-refractivity contribution in [3.05, 3.63) is 0 Å². The van der Waals surface area contributed by atoms with E-state index in [2.05, 4.69) is 24.0 Å². The van der Waals surface area contributed by atoms with Gasteiger partial charge in [-0.3, -0.25) is 0 Å². The molecule has 0 unspecified atom stereocenters. The van der Waals surface area contributed by atoms with E-state index in [0.29, 0.717) is 0 Å². The third kappa shape index (κ3) is 5.58. The van der Waals surface area contributed by atoms with Gasteiger partial charge in [-0.1, -0.05) is 19.8 Å². The lowest BCUT2D eigenvalue weighted by Gasteiger charge is -2.09. The highest BCUT2D eigenvalue weighted by Gasteiger charge is 2.13. The van der Waals surface area contributed by atoms with Crippen molar-refractivity contribution in [3.63, 3.8) is 0 Å². The molecule has 1 fully saturated rings. The minimum atomic E-state index is 0.996. The molecule has 0 amide bonds. The van der Waals surface area contributed by atoms with Gasteiger partial charge >= 0.3 is 0 Å². The molecule has 0 radical (unpaired) electrons. The average molecular weight is 201 g/mol. The fourth-order valence-corrected chi connectivity index (χ4v) is 2.69. The molecule has 0 saturated heterocycles. The monoisotopic (exact) mass is 201 g/mol. The van der Waals surface area contributed by atoms with Gasteiger partial charge in [-0.2, -0.15) is 11.8 Å². The topological polar surface area (TPSA) is 12.0 Å². The summed E-state index contributed by atoms with van der Waals surface area (Å²) in [7, 11) is 0. The zero-order valence-electron chi connectivity index (χ0n) is 8.85. The van der Waals surface area contributed by atoms with E-state index in [-0.39, 0.29) is 0 Å². The maximum absolute atomic E-state index is 3.57. The molecule has 0 heterocycles. The molecule has 13 heavy (non-hydrogen) atoms. The molecule has 0 aromatic carbocycles. The molecular weight excluding hydrogens is 178 g/mol. The Morgan fingerprint density at radius 2 is 2.00 bits per heavy atom. The summed E-state index contributed by atoms with van der Waals surface area (Å²) in [6, 6.07) is 0. The van der Waals surface area contributed by atoms with Crippen LogP contribution < -0.4 is 5.32 Å². The van der Waals surface area contributed by atoms with Crippen molar-refractivity contribution in [2.45, 2.75) is 39.0 Å². The summed E-state index contributed by atoms with van der Waals surface area (Å²) >= 11 is 2.07. The van der Waals surface area contributed by atoms with E-state index in [1.807, 2.05) is 0 Å². The van der Waals surface area contributed by atoms with E-state index in [9.17, 15) is 0 Å².